The van der Waals surface area contributed by atoms with Gasteiger partial charge in [0.25, 0.3) is 0 Å². The number of hydrogen-bond acceptors (Lipinski definition) is 1. The average Bonchev–Trinajstić information content (AvgIpc) is 2.33. The molecule has 94 valence electrons. The van der Waals surface area contributed by atoms with Gasteiger partial charge in [0.05, 0.1) is 0 Å². The zero-order valence-electron chi connectivity index (χ0n) is 10.2. The largest absolute Gasteiger partial charge is 0.381 e. The van der Waals surface area contributed by atoms with Gasteiger partial charge in [0, 0.05) is 20.3 Å². The van der Waals surface area contributed by atoms with Crippen molar-refractivity contribution in [1.29, 1.82) is 0 Å². The third-order valence-electron chi connectivity index (χ3n) is 3.71. The molecule has 2 atom stereocenters. The molecule has 0 bridgehead atoms. The van der Waals surface area contributed by atoms with E-state index in [4.69, 9.17) is 11.6 Å². The minimum Gasteiger partial charge on any atom is -0.381 e. The van der Waals surface area contributed by atoms with Gasteiger partial charge in [-0.2, -0.15) is 0 Å². The van der Waals surface area contributed by atoms with Crippen LogP contribution in [0.1, 0.15) is 39.0 Å². The quantitative estimate of drug-likeness (QED) is 0.716. The second-order valence-corrected chi connectivity index (χ2v) is 6.43. The van der Waals surface area contributed by atoms with Crippen molar-refractivity contribution in [2.45, 2.75) is 45.1 Å². The maximum Gasteiger partial charge on any atom is 0.0479 e. The number of benzene rings is 1. The van der Waals surface area contributed by atoms with Crippen molar-refractivity contribution in [2.75, 3.05) is 5.32 Å². The smallest absolute Gasteiger partial charge is 0.0479 e. The number of anilines is 1. The minimum atomic E-state index is 0.642. The molecule has 0 aliphatic heterocycles. The SMILES string of the molecule is CCC1CCCCC1Nc1ccc(Cl)cc1I. The van der Waals surface area contributed by atoms with Gasteiger partial charge in [-0.25, -0.2) is 0 Å². The first kappa shape index (κ1) is 13.5. The van der Waals surface area contributed by atoms with Crippen LogP contribution in [-0.4, -0.2) is 6.04 Å². The van der Waals surface area contributed by atoms with E-state index >= 15 is 0 Å². The molecule has 2 unspecified atom stereocenters. The fourth-order valence-corrected chi connectivity index (χ4v) is 3.72. The molecule has 0 spiro atoms. The molecule has 1 aromatic carbocycles. The number of halogens is 2. The van der Waals surface area contributed by atoms with Crippen LogP contribution in [0.4, 0.5) is 5.69 Å². The van der Waals surface area contributed by atoms with E-state index in [0.717, 1.165) is 10.9 Å². The molecule has 1 fully saturated rings. The molecule has 2 rings (SSSR count). The highest BCUT2D eigenvalue weighted by Gasteiger charge is 2.23. The van der Waals surface area contributed by atoms with E-state index in [0.29, 0.717) is 6.04 Å². The summed E-state index contributed by atoms with van der Waals surface area (Å²) in [5.74, 6) is 0.829. The molecule has 1 aromatic rings. The Morgan fingerprint density at radius 3 is 2.82 bits per heavy atom. The predicted molar refractivity (Wildman–Crippen MR) is 83.8 cm³/mol. The van der Waals surface area contributed by atoms with Gasteiger partial charge in [0.15, 0.2) is 0 Å². The highest BCUT2D eigenvalue weighted by Crippen LogP contribution is 2.31. The number of rotatable bonds is 3. The summed E-state index contributed by atoms with van der Waals surface area (Å²) in [5, 5.41) is 4.53. The summed E-state index contributed by atoms with van der Waals surface area (Å²) in [6.07, 6.45) is 6.71. The second kappa shape index (κ2) is 6.28. The van der Waals surface area contributed by atoms with E-state index in [2.05, 4.69) is 40.9 Å². The van der Waals surface area contributed by atoms with E-state index in [-0.39, 0.29) is 0 Å². The Labute approximate surface area is 122 Å². The Morgan fingerprint density at radius 1 is 1.35 bits per heavy atom. The van der Waals surface area contributed by atoms with Crippen molar-refractivity contribution >= 4 is 39.9 Å². The van der Waals surface area contributed by atoms with E-state index in [1.165, 1.54) is 41.4 Å². The zero-order valence-corrected chi connectivity index (χ0v) is 13.1. The average molecular weight is 364 g/mol. The lowest BCUT2D eigenvalue weighted by Gasteiger charge is -2.32. The Bertz CT molecular complexity index is 380. The van der Waals surface area contributed by atoms with Crippen molar-refractivity contribution in [3.8, 4) is 0 Å². The predicted octanol–water partition coefficient (Wildman–Crippen LogP) is 5.33. The summed E-state index contributed by atoms with van der Waals surface area (Å²) in [5.41, 5.74) is 1.24. The molecule has 1 aliphatic rings. The zero-order chi connectivity index (χ0) is 12.3. The highest BCUT2D eigenvalue weighted by molar-refractivity contribution is 14.1. The van der Waals surface area contributed by atoms with Crippen LogP contribution in [0.5, 0.6) is 0 Å². The number of nitrogens with one attached hydrogen (secondary N) is 1. The van der Waals surface area contributed by atoms with Gasteiger partial charge in [-0.15, -0.1) is 0 Å². The van der Waals surface area contributed by atoms with Crippen molar-refractivity contribution in [2.24, 2.45) is 5.92 Å². The van der Waals surface area contributed by atoms with Crippen molar-refractivity contribution in [3.63, 3.8) is 0 Å². The van der Waals surface area contributed by atoms with E-state index < -0.39 is 0 Å². The first-order valence-electron chi connectivity index (χ1n) is 6.42. The van der Waals surface area contributed by atoms with E-state index in [1.54, 1.807) is 0 Å². The van der Waals surface area contributed by atoms with Crippen LogP contribution in [0.2, 0.25) is 5.02 Å². The molecular weight excluding hydrogens is 345 g/mol. The molecule has 0 aromatic heterocycles. The Morgan fingerprint density at radius 2 is 2.12 bits per heavy atom. The van der Waals surface area contributed by atoms with Crippen LogP contribution in [0.25, 0.3) is 0 Å². The lowest BCUT2D eigenvalue weighted by Crippen LogP contribution is -2.32. The van der Waals surface area contributed by atoms with Crippen LogP contribution < -0.4 is 5.32 Å². The molecule has 0 saturated heterocycles. The van der Waals surface area contributed by atoms with Crippen LogP contribution in [0, 0.1) is 9.49 Å². The first-order valence-corrected chi connectivity index (χ1v) is 7.88. The van der Waals surface area contributed by atoms with Gasteiger partial charge in [-0.1, -0.05) is 37.8 Å². The van der Waals surface area contributed by atoms with Gasteiger partial charge in [-0.3, -0.25) is 0 Å². The molecule has 1 nitrogen and oxygen atoms in total. The normalized spacial score (nSPS) is 24.6. The molecule has 3 heteroatoms. The van der Waals surface area contributed by atoms with Gasteiger partial charge in [0.1, 0.15) is 0 Å². The molecule has 1 saturated carbocycles. The van der Waals surface area contributed by atoms with Crippen LogP contribution in [0.15, 0.2) is 18.2 Å². The third kappa shape index (κ3) is 3.50. The number of hydrogen-bond donors (Lipinski definition) is 1. The summed E-state index contributed by atoms with van der Waals surface area (Å²) < 4.78 is 1.22. The molecule has 0 heterocycles. The van der Waals surface area contributed by atoms with Crippen molar-refractivity contribution in [3.05, 3.63) is 26.8 Å². The lowest BCUT2D eigenvalue weighted by molar-refractivity contribution is 0.317. The molecule has 0 radical (unpaired) electrons. The third-order valence-corrected chi connectivity index (χ3v) is 4.83. The Kier molecular flexibility index (Phi) is 4.97. The molecule has 1 aliphatic carbocycles. The fraction of sp³-hybridized carbons (Fsp3) is 0.571. The van der Waals surface area contributed by atoms with Crippen molar-refractivity contribution < 1.29 is 0 Å². The van der Waals surface area contributed by atoms with Gasteiger partial charge in [0.2, 0.25) is 0 Å². The molecular formula is C14H19ClIN. The first-order chi connectivity index (χ1) is 8.20. The lowest BCUT2D eigenvalue weighted by atomic mass is 9.83. The summed E-state index contributed by atoms with van der Waals surface area (Å²) in [4.78, 5) is 0. The summed E-state index contributed by atoms with van der Waals surface area (Å²) in [7, 11) is 0. The summed E-state index contributed by atoms with van der Waals surface area (Å²) >= 11 is 8.34. The summed E-state index contributed by atoms with van der Waals surface area (Å²) in [6.45, 7) is 2.30. The monoisotopic (exact) mass is 363 g/mol. The minimum absolute atomic E-state index is 0.642. The van der Waals surface area contributed by atoms with E-state index in [1.807, 2.05) is 12.1 Å². The highest BCUT2D eigenvalue weighted by atomic mass is 127. The van der Waals surface area contributed by atoms with Gasteiger partial charge >= 0.3 is 0 Å². The summed E-state index contributed by atoms with van der Waals surface area (Å²) in [6, 6.07) is 6.73. The van der Waals surface area contributed by atoms with Gasteiger partial charge in [-0.05, 0) is 59.5 Å². The van der Waals surface area contributed by atoms with Crippen LogP contribution in [0.3, 0.4) is 0 Å². The van der Waals surface area contributed by atoms with Gasteiger partial charge < -0.3 is 5.32 Å². The second-order valence-electron chi connectivity index (χ2n) is 4.83. The Balaban J connectivity index is 2.08. The molecule has 17 heavy (non-hydrogen) atoms. The Hall–Kier alpha value is 0.0400. The maximum atomic E-state index is 5.98. The van der Waals surface area contributed by atoms with Crippen LogP contribution >= 0.6 is 34.2 Å². The van der Waals surface area contributed by atoms with Crippen molar-refractivity contribution in [1.82, 2.24) is 0 Å². The topological polar surface area (TPSA) is 12.0 Å². The standard InChI is InChI=1S/C14H19ClIN/c1-2-10-5-3-4-6-13(10)17-14-8-7-11(15)9-12(14)16/h7-10,13,17H,2-6H2,1H3. The maximum absolute atomic E-state index is 5.98. The van der Waals surface area contributed by atoms with E-state index in [9.17, 15) is 0 Å². The van der Waals surface area contributed by atoms with Crippen LogP contribution in [-0.2, 0) is 0 Å². The fourth-order valence-electron chi connectivity index (χ4n) is 2.69. The molecule has 1 N–H and O–H groups in total. The molecule has 0 amide bonds.